The lowest BCUT2D eigenvalue weighted by molar-refractivity contribution is 0.0908. The van der Waals surface area contributed by atoms with Gasteiger partial charge in [-0.3, -0.25) is 0 Å². The zero-order valence-electron chi connectivity index (χ0n) is 13.2. The van der Waals surface area contributed by atoms with Crippen molar-refractivity contribution in [2.75, 3.05) is 19.8 Å². The molecule has 0 aromatic carbocycles. The van der Waals surface area contributed by atoms with Crippen molar-refractivity contribution in [3.8, 4) is 0 Å². The summed E-state index contributed by atoms with van der Waals surface area (Å²) in [6.07, 6.45) is 12.8. The lowest BCUT2D eigenvalue weighted by Gasteiger charge is -2.05. The molecule has 0 fully saturated rings. The zero-order chi connectivity index (χ0) is 15.8. The molecule has 0 atom stereocenters. The van der Waals surface area contributed by atoms with E-state index in [1.54, 1.807) is 0 Å². The van der Waals surface area contributed by atoms with Crippen LogP contribution in [-0.2, 0) is 23.6 Å². The minimum Gasteiger partial charge on any atom is -0.379 e. The summed E-state index contributed by atoms with van der Waals surface area (Å²) in [7, 11) is -4.04. The second-order valence-electron chi connectivity index (χ2n) is 5.12. The van der Waals surface area contributed by atoms with Gasteiger partial charge in [-0.1, -0.05) is 64.7 Å². The molecule has 128 valence electrons. The average Bonchev–Trinajstić information content (AvgIpc) is 2.47. The second kappa shape index (κ2) is 14.7. The molecule has 0 aliphatic heterocycles. The highest BCUT2D eigenvalue weighted by molar-refractivity contribution is 7.81. The summed E-state index contributed by atoms with van der Waals surface area (Å²) in [5.41, 5.74) is 0. The summed E-state index contributed by atoms with van der Waals surface area (Å²) >= 11 is 0. The molecule has 0 heterocycles. The first-order valence-electron chi connectivity index (χ1n) is 7.98. The van der Waals surface area contributed by atoms with Crippen LogP contribution in [0.15, 0.2) is 0 Å². The highest BCUT2D eigenvalue weighted by atomic mass is 32.3. The van der Waals surface area contributed by atoms with Gasteiger partial charge in [0.2, 0.25) is 0 Å². The van der Waals surface area contributed by atoms with Gasteiger partial charge in [0.05, 0.1) is 13.2 Å². The van der Waals surface area contributed by atoms with E-state index in [0.29, 0.717) is 6.61 Å². The van der Waals surface area contributed by atoms with Crippen molar-refractivity contribution in [1.29, 1.82) is 0 Å². The predicted octanol–water partition coefficient (Wildman–Crippen LogP) is 3.08. The lowest BCUT2D eigenvalue weighted by Crippen LogP contribution is -2.17. The Kier molecular flexibility index (Phi) is 14.6. The molecule has 0 radical (unpaired) electrons. The van der Waals surface area contributed by atoms with Crippen molar-refractivity contribution in [2.24, 2.45) is 5.90 Å². The van der Waals surface area contributed by atoms with Gasteiger partial charge >= 0.3 is 10.4 Å². The van der Waals surface area contributed by atoms with Crippen LogP contribution in [0.3, 0.4) is 0 Å². The van der Waals surface area contributed by atoms with Gasteiger partial charge in [-0.05, 0) is 6.42 Å². The van der Waals surface area contributed by atoms with Crippen LogP contribution in [-0.4, -0.2) is 28.2 Å². The molecule has 7 heteroatoms. The minimum absolute atomic E-state index is 0.0721. The number of rotatable bonds is 16. The van der Waals surface area contributed by atoms with E-state index in [2.05, 4.69) is 21.3 Å². The molecule has 0 aliphatic carbocycles. The van der Waals surface area contributed by atoms with Crippen LogP contribution in [0.2, 0.25) is 0 Å². The van der Waals surface area contributed by atoms with Crippen LogP contribution in [0.5, 0.6) is 0 Å². The first-order chi connectivity index (χ1) is 10.1. The maximum atomic E-state index is 10.7. The quantitative estimate of drug-likeness (QED) is 0.346. The van der Waals surface area contributed by atoms with Crippen molar-refractivity contribution in [2.45, 2.75) is 71.1 Å². The molecular formula is C14H31NO5S. The monoisotopic (exact) mass is 325 g/mol. The third-order valence-corrected chi connectivity index (χ3v) is 3.91. The van der Waals surface area contributed by atoms with E-state index in [9.17, 15) is 8.42 Å². The number of hydrogen-bond acceptors (Lipinski definition) is 6. The molecule has 0 unspecified atom stereocenters. The Bertz CT molecular complexity index is 308. The Hall–Kier alpha value is -0.210. The van der Waals surface area contributed by atoms with Crippen molar-refractivity contribution in [3.05, 3.63) is 0 Å². The van der Waals surface area contributed by atoms with Crippen LogP contribution in [0, 0.1) is 0 Å². The van der Waals surface area contributed by atoms with Crippen LogP contribution in [0.1, 0.15) is 71.1 Å². The maximum Gasteiger partial charge on any atom is 0.415 e. The van der Waals surface area contributed by atoms with Gasteiger partial charge in [0.1, 0.15) is 0 Å². The molecule has 0 spiro atoms. The van der Waals surface area contributed by atoms with Crippen LogP contribution in [0.25, 0.3) is 0 Å². The molecule has 0 bridgehead atoms. The first kappa shape index (κ1) is 20.8. The van der Waals surface area contributed by atoms with Gasteiger partial charge < -0.3 is 4.74 Å². The largest absolute Gasteiger partial charge is 0.415 e. The summed E-state index contributed by atoms with van der Waals surface area (Å²) in [6, 6.07) is 0. The van der Waals surface area contributed by atoms with Gasteiger partial charge in [0.15, 0.2) is 0 Å². The lowest BCUT2D eigenvalue weighted by atomic mass is 10.1. The van der Waals surface area contributed by atoms with Gasteiger partial charge in [0, 0.05) is 6.61 Å². The highest BCUT2D eigenvalue weighted by Crippen LogP contribution is 2.10. The Morgan fingerprint density at radius 2 is 1.29 bits per heavy atom. The fourth-order valence-corrected chi connectivity index (χ4v) is 2.34. The van der Waals surface area contributed by atoms with Crippen LogP contribution >= 0.6 is 0 Å². The fraction of sp³-hybridized carbons (Fsp3) is 1.00. The normalized spacial score (nSPS) is 11.9. The predicted molar refractivity (Wildman–Crippen MR) is 82.8 cm³/mol. The summed E-state index contributed by atoms with van der Waals surface area (Å²) in [6.45, 7) is 3.01. The third-order valence-electron chi connectivity index (χ3n) is 3.22. The molecule has 0 aromatic heterocycles. The molecule has 0 aliphatic rings. The maximum absolute atomic E-state index is 10.7. The summed E-state index contributed by atoms with van der Waals surface area (Å²) in [5, 5.41) is 0. The molecule has 0 aromatic rings. The molecular weight excluding hydrogens is 294 g/mol. The van der Waals surface area contributed by atoms with E-state index >= 15 is 0 Å². The zero-order valence-corrected chi connectivity index (χ0v) is 14.0. The summed E-state index contributed by atoms with van der Waals surface area (Å²) in [5.74, 6) is 4.51. The smallest absolute Gasteiger partial charge is 0.379 e. The fourth-order valence-electron chi connectivity index (χ4n) is 2.02. The van der Waals surface area contributed by atoms with E-state index in [0.717, 1.165) is 12.8 Å². The Labute approximate surface area is 129 Å². The first-order valence-corrected chi connectivity index (χ1v) is 9.31. The number of ether oxygens (including phenoxy) is 1. The van der Waals surface area contributed by atoms with Crippen molar-refractivity contribution >= 4 is 10.4 Å². The van der Waals surface area contributed by atoms with Crippen molar-refractivity contribution in [1.82, 2.24) is 0 Å². The number of hydrogen-bond donors (Lipinski definition) is 1. The van der Waals surface area contributed by atoms with E-state index in [-0.39, 0.29) is 13.2 Å². The Balaban J connectivity index is 3.09. The summed E-state index contributed by atoms with van der Waals surface area (Å²) < 4.78 is 34.7. The van der Waals surface area contributed by atoms with E-state index < -0.39 is 10.4 Å². The topological polar surface area (TPSA) is 87.8 Å². The average molecular weight is 325 g/mol. The SMILES string of the molecule is CCCCCCCCCCCCOCCOS(=O)(=O)ON. The highest BCUT2D eigenvalue weighted by Gasteiger charge is 2.08. The number of unbranched alkanes of at least 4 members (excludes halogenated alkanes) is 9. The minimum atomic E-state index is -4.04. The summed E-state index contributed by atoms with van der Waals surface area (Å²) in [4.78, 5) is 0. The third kappa shape index (κ3) is 16.0. The van der Waals surface area contributed by atoms with E-state index in [1.165, 1.54) is 51.4 Å². The second-order valence-corrected chi connectivity index (χ2v) is 6.37. The Morgan fingerprint density at radius 1 is 0.762 bits per heavy atom. The van der Waals surface area contributed by atoms with Gasteiger partial charge in [0.25, 0.3) is 0 Å². The van der Waals surface area contributed by atoms with Crippen molar-refractivity contribution < 1.29 is 21.6 Å². The molecule has 2 N–H and O–H groups in total. The Morgan fingerprint density at radius 3 is 1.81 bits per heavy atom. The van der Waals surface area contributed by atoms with Crippen LogP contribution < -0.4 is 5.90 Å². The van der Waals surface area contributed by atoms with Gasteiger partial charge in [-0.2, -0.15) is 18.6 Å². The molecule has 0 saturated carbocycles. The van der Waals surface area contributed by atoms with Gasteiger partial charge in [-0.15, -0.1) is 0 Å². The van der Waals surface area contributed by atoms with Crippen LogP contribution in [0.4, 0.5) is 0 Å². The molecule has 21 heavy (non-hydrogen) atoms. The molecule has 6 nitrogen and oxygen atoms in total. The van der Waals surface area contributed by atoms with Gasteiger partial charge in [-0.25, -0.2) is 4.18 Å². The molecule has 0 amide bonds. The van der Waals surface area contributed by atoms with E-state index in [4.69, 9.17) is 4.74 Å². The van der Waals surface area contributed by atoms with Crippen molar-refractivity contribution in [3.63, 3.8) is 0 Å². The number of nitrogens with two attached hydrogens (primary N) is 1. The molecule has 0 rings (SSSR count). The standard InChI is InChI=1S/C14H31NO5S/c1-2-3-4-5-6-7-8-9-10-11-12-18-13-14-19-21(16,17)20-15/h2-15H2,1H3. The van der Waals surface area contributed by atoms with E-state index in [1.807, 2.05) is 0 Å². The molecule has 0 saturated heterocycles.